The lowest BCUT2D eigenvalue weighted by molar-refractivity contribution is 0.289. The van der Waals surface area contributed by atoms with Crippen LogP contribution in [0, 0.1) is 0 Å². The van der Waals surface area contributed by atoms with Crippen molar-refractivity contribution in [2.45, 2.75) is 19.3 Å². The third-order valence-corrected chi connectivity index (χ3v) is 3.96. The zero-order valence-corrected chi connectivity index (χ0v) is 12.1. The van der Waals surface area contributed by atoms with E-state index >= 15 is 0 Å². The fourth-order valence-electron chi connectivity index (χ4n) is 2.34. The summed E-state index contributed by atoms with van der Waals surface area (Å²) in [6.07, 6.45) is 3.43. The SMILES string of the molecule is Clc1ccc(CCCN2CCCNCC2)c(Cl)c1. The van der Waals surface area contributed by atoms with E-state index in [9.17, 15) is 0 Å². The van der Waals surface area contributed by atoms with Gasteiger partial charge >= 0.3 is 0 Å². The lowest BCUT2D eigenvalue weighted by Gasteiger charge is -2.19. The molecule has 0 bridgehead atoms. The molecule has 0 amide bonds. The Morgan fingerprint density at radius 3 is 2.89 bits per heavy atom. The maximum atomic E-state index is 6.17. The molecule has 1 aromatic carbocycles. The number of nitrogens with zero attached hydrogens (tertiary/aromatic N) is 1. The van der Waals surface area contributed by atoms with E-state index in [0.29, 0.717) is 5.02 Å². The molecule has 2 rings (SSSR count). The zero-order valence-electron chi connectivity index (χ0n) is 10.6. The first-order valence-corrected chi connectivity index (χ1v) is 7.38. The summed E-state index contributed by atoms with van der Waals surface area (Å²) in [4.78, 5) is 2.53. The molecule has 1 aliphatic heterocycles. The van der Waals surface area contributed by atoms with Crippen molar-refractivity contribution in [3.8, 4) is 0 Å². The molecule has 1 N–H and O–H groups in total. The van der Waals surface area contributed by atoms with E-state index in [0.717, 1.165) is 44.0 Å². The van der Waals surface area contributed by atoms with Crippen molar-refractivity contribution in [1.82, 2.24) is 10.2 Å². The van der Waals surface area contributed by atoms with E-state index in [2.05, 4.69) is 10.2 Å². The average Bonchev–Trinajstić information content (AvgIpc) is 2.60. The second-order valence-corrected chi connectivity index (χ2v) is 5.63. The molecule has 0 aromatic heterocycles. The Morgan fingerprint density at radius 2 is 2.06 bits per heavy atom. The number of hydrogen-bond donors (Lipinski definition) is 1. The van der Waals surface area contributed by atoms with Gasteiger partial charge in [0, 0.05) is 23.1 Å². The molecule has 0 spiro atoms. The molecule has 1 aliphatic rings. The Kier molecular flexibility index (Phi) is 5.77. The standard InChI is InChI=1S/C14H20Cl2N2/c15-13-5-4-12(14(16)11-13)3-1-8-18-9-2-6-17-7-10-18/h4-5,11,17H,1-3,6-10H2. The molecule has 1 fully saturated rings. The zero-order chi connectivity index (χ0) is 12.8. The molecule has 0 saturated carbocycles. The number of nitrogens with one attached hydrogen (secondary N) is 1. The minimum absolute atomic E-state index is 0.711. The van der Waals surface area contributed by atoms with Gasteiger partial charge in [-0.25, -0.2) is 0 Å². The van der Waals surface area contributed by atoms with Crippen LogP contribution in [0.25, 0.3) is 0 Å². The first kappa shape index (κ1) is 14.1. The molecule has 0 aliphatic carbocycles. The maximum Gasteiger partial charge on any atom is 0.0452 e. The summed E-state index contributed by atoms with van der Waals surface area (Å²) in [7, 11) is 0. The molecule has 18 heavy (non-hydrogen) atoms. The van der Waals surface area contributed by atoms with E-state index in [4.69, 9.17) is 23.2 Å². The van der Waals surface area contributed by atoms with Crippen LogP contribution in [0.4, 0.5) is 0 Å². The first-order chi connectivity index (χ1) is 8.75. The van der Waals surface area contributed by atoms with Crippen LogP contribution >= 0.6 is 23.2 Å². The van der Waals surface area contributed by atoms with E-state index in [1.807, 2.05) is 18.2 Å². The van der Waals surface area contributed by atoms with Crippen LogP contribution in [-0.2, 0) is 6.42 Å². The van der Waals surface area contributed by atoms with Gasteiger partial charge in [0.25, 0.3) is 0 Å². The van der Waals surface area contributed by atoms with Crippen molar-refractivity contribution in [2.75, 3.05) is 32.7 Å². The topological polar surface area (TPSA) is 15.3 Å². The second-order valence-electron chi connectivity index (χ2n) is 4.78. The van der Waals surface area contributed by atoms with E-state index < -0.39 is 0 Å². The summed E-state index contributed by atoms with van der Waals surface area (Å²) < 4.78 is 0. The van der Waals surface area contributed by atoms with E-state index in [1.54, 1.807) is 0 Å². The third-order valence-electron chi connectivity index (χ3n) is 3.37. The van der Waals surface area contributed by atoms with E-state index in [-0.39, 0.29) is 0 Å². The Hall–Kier alpha value is -0.280. The molecule has 0 unspecified atom stereocenters. The number of hydrogen-bond acceptors (Lipinski definition) is 2. The second kappa shape index (κ2) is 7.34. The number of halogens is 2. The minimum Gasteiger partial charge on any atom is -0.315 e. The van der Waals surface area contributed by atoms with Crippen molar-refractivity contribution in [2.24, 2.45) is 0 Å². The van der Waals surface area contributed by atoms with Gasteiger partial charge in [-0.2, -0.15) is 0 Å². The van der Waals surface area contributed by atoms with Crippen molar-refractivity contribution in [3.63, 3.8) is 0 Å². The van der Waals surface area contributed by atoms with Crippen LogP contribution in [-0.4, -0.2) is 37.6 Å². The van der Waals surface area contributed by atoms with Gasteiger partial charge in [0.1, 0.15) is 0 Å². The summed E-state index contributed by atoms with van der Waals surface area (Å²) in [5.41, 5.74) is 1.20. The van der Waals surface area contributed by atoms with Crippen LogP contribution < -0.4 is 5.32 Å². The number of rotatable bonds is 4. The van der Waals surface area contributed by atoms with Gasteiger partial charge in [-0.05, 0) is 56.6 Å². The summed E-state index contributed by atoms with van der Waals surface area (Å²) >= 11 is 12.1. The van der Waals surface area contributed by atoms with Gasteiger partial charge < -0.3 is 10.2 Å². The summed E-state index contributed by atoms with van der Waals surface area (Å²) in [5.74, 6) is 0. The molecule has 100 valence electrons. The van der Waals surface area contributed by atoms with Crippen LogP contribution in [0.3, 0.4) is 0 Å². The van der Waals surface area contributed by atoms with Gasteiger partial charge in [-0.1, -0.05) is 29.3 Å². The number of benzene rings is 1. The highest BCUT2D eigenvalue weighted by Crippen LogP contribution is 2.22. The lowest BCUT2D eigenvalue weighted by atomic mass is 10.1. The molecule has 1 aromatic rings. The smallest absolute Gasteiger partial charge is 0.0452 e. The van der Waals surface area contributed by atoms with Crippen molar-refractivity contribution >= 4 is 23.2 Å². The van der Waals surface area contributed by atoms with Crippen LogP contribution in [0.15, 0.2) is 18.2 Å². The average molecular weight is 287 g/mol. The van der Waals surface area contributed by atoms with Crippen LogP contribution in [0.2, 0.25) is 10.0 Å². The summed E-state index contributed by atoms with van der Waals surface area (Å²) in [6, 6.07) is 5.78. The van der Waals surface area contributed by atoms with E-state index in [1.165, 1.54) is 18.5 Å². The molecule has 2 nitrogen and oxygen atoms in total. The fraction of sp³-hybridized carbons (Fsp3) is 0.571. The van der Waals surface area contributed by atoms with Crippen molar-refractivity contribution in [1.29, 1.82) is 0 Å². The molecular weight excluding hydrogens is 267 g/mol. The van der Waals surface area contributed by atoms with Gasteiger partial charge in [-0.15, -0.1) is 0 Å². The van der Waals surface area contributed by atoms with Crippen molar-refractivity contribution < 1.29 is 0 Å². The largest absolute Gasteiger partial charge is 0.315 e. The molecule has 0 radical (unpaired) electrons. The number of aryl methyl sites for hydroxylation is 1. The van der Waals surface area contributed by atoms with Gasteiger partial charge in [0.15, 0.2) is 0 Å². The third kappa shape index (κ3) is 4.43. The van der Waals surface area contributed by atoms with Gasteiger partial charge in [-0.3, -0.25) is 0 Å². The first-order valence-electron chi connectivity index (χ1n) is 6.63. The predicted octanol–water partition coefficient (Wildman–Crippen LogP) is 3.22. The van der Waals surface area contributed by atoms with Gasteiger partial charge in [0.05, 0.1) is 0 Å². The minimum atomic E-state index is 0.711. The molecule has 4 heteroatoms. The molecule has 0 atom stereocenters. The quantitative estimate of drug-likeness (QED) is 0.914. The summed E-state index contributed by atoms with van der Waals surface area (Å²) in [6.45, 7) is 5.79. The highest BCUT2D eigenvalue weighted by Gasteiger charge is 2.08. The highest BCUT2D eigenvalue weighted by atomic mass is 35.5. The Bertz CT molecular complexity index is 374. The lowest BCUT2D eigenvalue weighted by Crippen LogP contribution is -2.29. The maximum absolute atomic E-state index is 6.17. The molecular formula is C14H20Cl2N2. The van der Waals surface area contributed by atoms with Crippen molar-refractivity contribution in [3.05, 3.63) is 33.8 Å². The Balaban J connectivity index is 1.77. The van der Waals surface area contributed by atoms with Crippen LogP contribution in [0.1, 0.15) is 18.4 Å². The van der Waals surface area contributed by atoms with Gasteiger partial charge in [0.2, 0.25) is 0 Å². The Morgan fingerprint density at radius 1 is 1.17 bits per heavy atom. The normalized spacial score (nSPS) is 17.7. The summed E-state index contributed by atoms with van der Waals surface area (Å²) in [5, 5.41) is 4.93. The monoisotopic (exact) mass is 286 g/mol. The van der Waals surface area contributed by atoms with Crippen LogP contribution in [0.5, 0.6) is 0 Å². The Labute approximate surface area is 119 Å². The highest BCUT2D eigenvalue weighted by molar-refractivity contribution is 6.35. The molecule has 1 saturated heterocycles. The predicted molar refractivity (Wildman–Crippen MR) is 78.7 cm³/mol. The molecule has 1 heterocycles. The fourth-order valence-corrected chi connectivity index (χ4v) is 2.85.